The molecule has 1 aliphatic heterocycles. The average molecular weight is 412 g/mol. The number of anilines is 1. The largest absolute Gasteiger partial charge is 0.497 e. The number of ether oxygens (including phenoxy) is 1. The van der Waals surface area contributed by atoms with Gasteiger partial charge in [-0.2, -0.15) is 11.8 Å². The van der Waals surface area contributed by atoms with Gasteiger partial charge in [0.15, 0.2) is 0 Å². The molecule has 1 fully saturated rings. The van der Waals surface area contributed by atoms with Crippen molar-refractivity contribution in [3.8, 4) is 5.75 Å². The molecule has 7 heteroatoms. The molecule has 5 nitrogen and oxygen atoms in total. The summed E-state index contributed by atoms with van der Waals surface area (Å²) in [7, 11) is 1.62. The van der Waals surface area contributed by atoms with E-state index in [0.29, 0.717) is 41.8 Å². The number of nitrogens with zero attached hydrogens (tertiary/aromatic N) is 2. The number of amides is 1. The van der Waals surface area contributed by atoms with E-state index in [2.05, 4.69) is 10.3 Å². The van der Waals surface area contributed by atoms with E-state index in [1.54, 1.807) is 19.4 Å². The Kier molecular flexibility index (Phi) is 5.85. The number of hydrogen-bond donors (Lipinski definition) is 1. The summed E-state index contributed by atoms with van der Waals surface area (Å²) in [6, 6.07) is 12.1. The Morgan fingerprint density at radius 2 is 2.07 bits per heavy atom. The molecule has 4 rings (SSSR count). The van der Waals surface area contributed by atoms with E-state index in [0.717, 1.165) is 22.8 Å². The van der Waals surface area contributed by atoms with Gasteiger partial charge in [-0.3, -0.25) is 9.78 Å². The zero-order valence-electron chi connectivity index (χ0n) is 16.2. The highest BCUT2D eigenvalue weighted by Gasteiger charge is 2.23. The third kappa shape index (κ3) is 4.29. The normalized spacial score (nSPS) is 14.1. The Morgan fingerprint density at radius 1 is 1.24 bits per heavy atom. The zero-order valence-corrected chi connectivity index (χ0v) is 17.0. The zero-order chi connectivity index (χ0) is 20.2. The lowest BCUT2D eigenvalue weighted by atomic mass is 10.1. The molecule has 3 aromatic rings. The van der Waals surface area contributed by atoms with Crippen LogP contribution in [-0.4, -0.2) is 47.5 Å². The topological polar surface area (TPSA) is 54.5 Å². The summed E-state index contributed by atoms with van der Waals surface area (Å²) in [5.41, 5.74) is 2.72. The summed E-state index contributed by atoms with van der Waals surface area (Å²) in [5.74, 6) is 2.18. The Bertz CT molecular complexity index is 1040. The molecule has 1 amide bonds. The molecular weight excluding hydrogens is 389 g/mol. The fourth-order valence-electron chi connectivity index (χ4n) is 3.43. The first-order chi connectivity index (χ1) is 14.2. The van der Waals surface area contributed by atoms with Gasteiger partial charge in [-0.1, -0.05) is 12.1 Å². The number of methoxy groups -OCH3 is 1. The van der Waals surface area contributed by atoms with Crippen molar-refractivity contribution in [2.75, 3.05) is 37.0 Å². The first-order valence-electron chi connectivity index (χ1n) is 9.48. The number of nitrogens with one attached hydrogen (secondary N) is 1. The predicted molar refractivity (Wildman–Crippen MR) is 115 cm³/mol. The van der Waals surface area contributed by atoms with E-state index in [-0.39, 0.29) is 11.7 Å². The Hall–Kier alpha value is -2.80. The molecule has 0 atom stereocenters. The highest BCUT2D eigenvalue weighted by molar-refractivity contribution is 7.99. The second-order valence-corrected chi connectivity index (χ2v) is 8.04. The van der Waals surface area contributed by atoms with Crippen LogP contribution >= 0.6 is 11.8 Å². The van der Waals surface area contributed by atoms with Crippen molar-refractivity contribution in [3.63, 3.8) is 0 Å². The summed E-state index contributed by atoms with van der Waals surface area (Å²) in [5, 5.41) is 3.96. The quantitative estimate of drug-likeness (QED) is 0.683. The molecule has 1 saturated heterocycles. The van der Waals surface area contributed by atoms with Gasteiger partial charge in [0.2, 0.25) is 0 Å². The standard InChI is InChI=1S/C22H22FN3O2S/c1-28-17-4-2-3-15(11-17)13-25-21-18-12-16(23)5-6-20(18)24-14-19(21)22(27)26-7-9-29-10-8-26/h2-6,11-12,14H,7-10,13H2,1H3,(H,24,25). The van der Waals surface area contributed by atoms with E-state index in [1.165, 1.54) is 12.1 Å². The number of thioether (sulfide) groups is 1. The maximum absolute atomic E-state index is 14.0. The van der Waals surface area contributed by atoms with Crippen molar-refractivity contribution in [1.82, 2.24) is 9.88 Å². The molecule has 0 unspecified atom stereocenters. The fraction of sp³-hybridized carbons (Fsp3) is 0.273. The number of hydrogen-bond acceptors (Lipinski definition) is 5. The van der Waals surface area contributed by atoms with Gasteiger partial charge in [0, 0.05) is 42.7 Å². The van der Waals surface area contributed by atoms with E-state index < -0.39 is 0 Å². The number of pyridine rings is 1. The molecule has 2 heterocycles. The van der Waals surface area contributed by atoms with Crippen LogP contribution in [0.1, 0.15) is 15.9 Å². The van der Waals surface area contributed by atoms with Gasteiger partial charge in [0.25, 0.3) is 5.91 Å². The summed E-state index contributed by atoms with van der Waals surface area (Å²) in [6.45, 7) is 1.89. The number of halogens is 1. The molecule has 29 heavy (non-hydrogen) atoms. The molecule has 0 spiro atoms. The Labute approximate surface area is 173 Å². The van der Waals surface area contributed by atoms with E-state index in [4.69, 9.17) is 4.74 Å². The van der Waals surface area contributed by atoms with Gasteiger partial charge in [-0.05, 0) is 35.9 Å². The van der Waals surface area contributed by atoms with Crippen LogP contribution in [0.3, 0.4) is 0 Å². The highest BCUT2D eigenvalue weighted by Crippen LogP contribution is 2.29. The van der Waals surface area contributed by atoms with Crippen LogP contribution in [0.25, 0.3) is 10.9 Å². The van der Waals surface area contributed by atoms with Gasteiger partial charge >= 0.3 is 0 Å². The second-order valence-electron chi connectivity index (χ2n) is 6.82. The van der Waals surface area contributed by atoms with Gasteiger partial charge < -0.3 is 15.0 Å². The molecule has 2 aromatic carbocycles. The van der Waals surface area contributed by atoms with E-state index in [9.17, 15) is 9.18 Å². The molecular formula is C22H22FN3O2S. The van der Waals surface area contributed by atoms with Crippen molar-refractivity contribution < 1.29 is 13.9 Å². The van der Waals surface area contributed by atoms with Crippen LogP contribution < -0.4 is 10.1 Å². The minimum absolute atomic E-state index is 0.0721. The maximum atomic E-state index is 14.0. The average Bonchev–Trinajstić information content (AvgIpc) is 2.77. The molecule has 0 radical (unpaired) electrons. The fourth-order valence-corrected chi connectivity index (χ4v) is 4.33. The van der Waals surface area contributed by atoms with Crippen molar-refractivity contribution in [3.05, 3.63) is 65.6 Å². The smallest absolute Gasteiger partial charge is 0.257 e. The summed E-state index contributed by atoms with van der Waals surface area (Å²) in [4.78, 5) is 19.4. The van der Waals surface area contributed by atoms with Crippen LogP contribution in [0, 0.1) is 5.82 Å². The van der Waals surface area contributed by atoms with E-state index >= 15 is 0 Å². The predicted octanol–water partition coefficient (Wildman–Crippen LogP) is 4.18. The lowest BCUT2D eigenvalue weighted by Crippen LogP contribution is -2.38. The SMILES string of the molecule is COc1cccc(CNc2c(C(=O)N3CCSCC3)cnc3ccc(F)cc23)c1. The summed E-state index contributed by atoms with van der Waals surface area (Å²) in [6.07, 6.45) is 1.60. The Morgan fingerprint density at radius 3 is 2.86 bits per heavy atom. The molecule has 1 aromatic heterocycles. The minimum Gasteiger partial charge on any atom is -0.497 e. The number of rotatable bonds is 5. The second kappa shape index (κ2) is 8.69. The van der Waals surface area contributed by atoms with Crippen molar-refractivity contribution in [2.24, 2.45) is 0 Å². The summed E-state index contributed by atoms with van der Waals surface area (Å²) >= 11 is 1.84. The number of carbonyl (C=O) groups excluding carboxylic acids is 1. The van der Waals surface area contributed by atoms with Crippen molar-refractivity contribution in [1.29, 1.82) is 0 Å². The van der Waals surface area contributed by atoms with Crippen LogP contribution in [0.2, 0.25) is 0 Å². The molecule has 1 aliphatic rings. The van der Waals surface area contributed by atoms with Crippen LogP contribution in [0.5, 0.6) is 5.75 Å². The highest BCUT2D eigenvalue weighted by atomic mass is 32.2. The van der Waals surface area contributed by atoms with Crippen molar-refractivity contribution in [2.45, 2.75) is 6.54 Å². The third-order valence-electron chi connectivity index (χ3n) is 4.96. The van der Waals surface area contributed by atoms with Crippen molar-refractivity contribution >= 4 is 34.3 Å². The molecule has 0 saturated carbocycles. The number of fused-ring (bicyclic) bond motifs is 1. The van der Waals surface area contributed by atoms with Crippen LogP contribution in [0.15, 0.2) is 48.7 Å². The minimum atomic E-state index is -0.359. The first kappa shape index (κ1) is 19.5. The van der Waals surface area contributed by atoms with Crippen LogP contribution in [0.4, 0.5) is 10.1 Å². The molecule has 0 aliphatic carbocycles. The first-order valence-corrected chi connectivity index (χ1v) is 10.6. The third-order valence-corrected chi connectivity index (χ3v) is 5.90. The maximum Gasteiger partial charge on any atom is 0.257 e. The van der Waals surface area contributed by atoms with Gasteiger partial charge in [-0.15, -0.1) is 0 Å². The molecule has 0 bridgehead atoms. The molecule has 1 N–H and O–H groups in total. The lowest BCUT2D eigenvalue weighted by molar-refractivity contribution is 0.0773. The number of benzene rings is 2. The lowest BCUT2D eigenvalue weighted by Gasteiger charge is -2.27. The monoisotopic (exact) mass is 411 g/mol. The van der Waals surface area contributed by atoms with Gasteiger partial charge in [-0.25, -0.2) is 4.39 Å². The van der Waals surface area contributed by atoms with Crippen LogP contribution in [-0.2, 0) is 6.54 Å². The number of carbonyl (C=O) groups is 1. The number of aromatic nitrogens is 1. The Balaban J connectivity index is 1.71. The van der Waals surface area contributed by atoms with E-state index in [1.807, 2.05) is 40.9 Å². The van der Waals surface area contributed by atoms with Gasteiger partial charge in [0.05, 0.1) is 23.9 Å². The van der Waals surface area contributed by atoms with Gasteiger partial charge in [0.1, 0.15) is 11.6 Å². The summed E-state index contributed by atoms with van der Waals surface area (Å²) < 4.78 is 19.3. The molecule has 150 valence electrons.